The average molecular weight is 268 g/mol. The minimum atomic E-state index is 0.168. The number of hydrogen-bond acceptors (Lipinski definition) is 1. The summed E-state index contributed by atoms with van der Waals surface area (Å²) < 4.78 is 0. The molecule has 1 atom stereocenters. The molecule has 2 aromatic rings. The molecule has 1 aromatic heterocycles. The number of aromatic amines is 1. The van der Waals surface area contributed by atoms with Crippen LogP contribution in [0.2, 0.25) is 0 Å². The molecule has 1 heterocycles. The number of allylic oxidation sites excluding steroid dienone is 2. The van der Waals surface area contributed by atoms with E-state index in [1.807, 2.05) is 18.3 Å². The van der Waals surface area contributed by atoms with Crippen molar-refractivity contribution in [2.45, 2.75) is 25.7 Å². The zero-order chi connectivity index (χ0) is 13.8. The minimum absolute atomic E-state index is 0.168. The second-order valence-electron chi connectivity index (χ2n) is 5.43. The highest BCUT2D eigenvalue weighted by atomic mass is 16.1. The van der Waals surface area contributed by atoms with Crippen molar-refractivity contribution in [1.82, 2.24) is 10.3 Å². The Morgan fingerprint density at radius 1 is 1.35 bits per heavy atom. The highest BCUT2D eigenvalue weighted by Crippen LogP contribution is 2.20. The van der Waals surface area contributed by atoms with Crippen LogP contribution < -0.4 is 5.32 Å². The summed E-state index contributed by atoms with van der Waals surface area (Å²) in [5.41, 5.74) is 2.42. The molecule has 1 aliphatic rings. The normalized spacial score (nSPS) is 17.7. The molecule has 0 radical (unpaired) electrons. The number of rotatable bonds is 5. The largest absolute Gasteiger partial charge is 0.361 e. The van der Waals surface area contributed by atoms with Crippen molar-refractivity contribution in [3.8, 4) is 0 Å². The van der Waals surface area contributed by atoms with Gasteiger partial charge < -0.3 is 10.3 Å². The van der Waals surface area contributed by atoms with Crippen LogP contribution in [0.4, 0.5) is 0 Å². The third kappa shape index (κ3) is 2.93. The van der Waals surface area contributed by atoms with Gasteiger partial charge in [0, 0.05) is 30.1 Å². The van der Waals surface area contributed by atoms with Gasteiger partial charge in [0.1, 0.15) is 0 Å². The number of aromatic nitrogens is 1. The zero-order valence-corrected chi connectivity index (χ0v) is 11.6. The van der Waals surface area contributed by atoms with E-state index in [1.54, 1.807) is 0 Å². The number of amides is 1. The van der Waals surface area contributed by atoms with E-state index in [4.69, 9.17) is 0 Å². The summed E-state index contributed by atoms with van der Waals surface area (Å²) in [6, 6.07) is 8.26. The van der Waals surface area contributed by atoms with Gasteiger partial charge >= 0.3 is 0 Å². The molecule has 1 aromatic carbocycles. The van der Waals surface area contributed by atoms with Crippen LogP contribution >= 0.6 is 0 Å². The second kappa shape index (κ2) is 5.95. The van der Waals surface area contributed by atoms with Gasteiger partial charge in [-0.1, -0.05) is 30.4 Å². The quantitative estimate of drug-likeness (QED) is 0.804. The van der Waals surface area contributed by atoms with Crippen molar-refractivity contribution in [1.29, 1.82) is 0 Å². The van der Waals surface area contributed by atoms with E-state index in [-0.39, 0.29) is 5.91 Å². The maximum Gasteiger partial charge on any atom is 0.220 e. The molecule has 0 saturated carbocycles. The van der Waals surface area contributed by atoms with Crippen molar-refractivity contribution in [3.63, 3.8) is 0 Å². The molecule has 0 saturated heterocycles. The SMILES string of the molecule is O=C(C[C@H]1C=CCC1)NCCc1c[nH]c2ccccc12. The van der Waals surface area contributed by atoms with Crippen LogP contribution in [0.25, 0.3) is 10.9 Å². The van der Waals surface area contributed by atoms with E-state index < -0.39 is 0 Å². The first kappa shape index (κ1) is 13.0. The van der Waals surface area contributed by atoms with Crippen molar-refractivity contribution in [3.05, 3.63) is 48.2 Å². The molecule has 1 amide bonds. The molecule has 0 spiro atoms. The lowest BCUT2D eigenvalue weighted by molar-refractivity contribution is -0.121. The second-order valence-corrected chi connectivity index (χ2v) is 5.43. The van der Waals surface area contributed by atoms with E-state index in [0.717, 1.165) is 24.8 Å². The fourth-order valence-corrected chi connectivity index (χ4v) is 2.85. The van der Waals surface area contributed by atoms with Gasteiger partial charge in [0.2, 0.25) is 5.91 Å². The first-order chi connectivity index (χ1) is 9.83. The average Bonchev–Trinajstić information content (AvgIpc) is 3.09. The first-order valence-electron chi connectivity index (χ1n) is 7.31. The number of carbonyl (C=O) groups excluding carboxylic acids is 1. The van der Waals surface area contributed by atoms with E-state index in [0.29, 0.717) is 18.9 Å². The van der Waals surface area contributed by atoms with Gasteiger partial charge in [0.25, 0.3) is 0 Å². The topological polar surface area (TPSA) is 44.9 Å². The molecule has 3 heteroatoms. The van der Waals surface area contributed by atoms with Crippen molar-refractivity contribution >= 4 is 16.8 Å². The lowest BCUT2D eigenvalue weighted by atomic mass is 10.0. The summed E-state index contributed by atoms with van der Waals surface area (Å²) in [6.45, 7) is 0.705. The van der Waals surface area contributed by atoms with Gasteiger partial charge in [-0.15, -0.1) is 0 Å². The highest BCUT2D eigenvalue weighted by Gasteiger charge is 2.13. The van der Waals surface area contributed by atoms with E-state index in [9.17, 15) is 4.79 Å². The maximum absolute atomic E-state index is 11.8. The third-order valence-corrected chi connectivity index (χ3v) is 3.95. The smallest absolute Gasteiger partial charge is 0.220 e. The molecule has 104 valence electrons. The minimum Gasteiger partial charge on any atom is -0.361 e. The van der Waals surface area contributed by atoms with Gasteiger partial charge in [-0.05, 0) is 36.8 Å². The summed E-state index contributed by atoms with van der Waals surface area (Å²) in [5.74, 6) is 0.615. The summed E-state index contributed by atoms with van der Waals surface area (Å²) >= 11 is 0. The Balaban J connectivity index is 1.49. The summed E-state index contributed by atoms with van der Waals surface area (Å²) in [4.78, 5) is 15.1. The van der Waals surface area contributed by atoms with Crippen LogP contribution in [0.1, 0.15) is 24.8 Å². The zero-order valence-electron chi connectivity index (χ0n) is 11.6. The Kier molecular flexibility index (Phi) is 3.86. The van der Waals surface area contributed by atoms with Gasteiger partial charge in [0.05, 0.1) is 0 Å². The third-order valence-electron chi connectivity index (χ3n) is 3.95. The Morgan fingerprint density at radius 2 is 2.25 bits per heavy atom. The Morgan fingerprint density at radius 3 is 3.10 bits per heavy atom. The Bertz CT molecular complexity index is 627. The van der Waals surface area contributed by atoms with E-state index in [2.05, 4.69) is 34.6 Å². The first-order valence-corrected chi connectivity index (χ1v) is 7.31. The lowest BCUT2D eigenvalue weighted by Gasteiger charge is -2.08. The van der Waals surface area contributed by atoms with Gasteiger partial charge in [-0.2, -0.15) is 0 Å². The molecular weight excluding hydrogens is 248 g/mol. The van der Waals surface area contributed by atoms with Crippen molar-refractivity contribution < 1.29 is 4.79 Å². The molecule has 0 fully saturated rings. The standard InChI is InChI=1S/C17H20N2O/c20-17(11-13-5-1-2-6-13)18-10-9-14-12-19-16-8-4-3-7-15(14)16/h1,3-5,7-8,12-13,19H,2,6,9-11H2,(H,18,20)/t13-/m0/s1. The number of H-pyrrole nitrogens is 1. The van der Waals surface area contributed by atoms with E-state index in [1.165, 1.54) is 10.9 Å². The molecule has 0 aliphatic heterocycles. The van der Waals surface area contributed by atoms with Crippen LogP contribution in [0.5, 0.6) is 0 Å². The van der Waals surface area contributed by atoms with Gasteiger partial charge in [-0.3, -0.25) is 4.79 Å². The molecular formula is C17H20N2O. The van der Waals surface area contributed by atoms with Crippen LogP contribution in [-0.4, -0.2) is 17.4 Å². The highest BCUT2D eigenvalue weighted by molar-refractivity contribution is 5.83. The summed E-state index contributed by atoms with van der Waals surface area (Å²) in [6.07, 6.45) is 10.1. The molecule has 0 bridgehead atoms. The van der Waals surface area contributed by atoms with Crippen LogP contribution in [0.3, 0.4) is 0 Å². The Labute approximate surface area is 119 Å². The predicted octanol–water partition coefficient (Wildman–Crippen LogP) is 3.18. The fraction of sp³-hybridized carbons (Fsp3) is 0.353. The number of hydrogen-bond donors (Lipinski definition) is 2. The molecule has 3 nitrogen and oxygen atoms in total. The van der Waals surface area contributed by atoms with Crippen molar-refractivity contribution in [2.75, 3.05) is 6.54 Å². The number of benzene rings is 1. The van der Waals surface area contributed by atoms with Crippen LogP contribution in [-0.2, 0) is 11.2 Å². The Hall–Kier alpha value is -2.03. The molecule has 0 unspecified atom stereocenters. The fourth-order valence-electron chi connectivity index (χ4n) is 2.85. The number of carbonyl (C=O) groups is 1. The van der Waals surface area contributed by atoms with Crippen LogP contribution in [0, 0.1) is 5.92 Å². The molecule has 3 rings (SSSR count). The van der Waals surface area contributed by atoms with Gasteiger partial charge in [-0.25, -0.2) is 0 Å². The monoisotopic (exact) mass is 268 g/mol. The molecule has 20 heavy (non-hydrogen) atoms. The summed E-state index contributed by atoms with van der Waals surface area (Å²) in [5, 5.41) is 4.28. The number of fused-ring (bicyclic) bond motifs is 1. The van der Waals surface area contributed by atoms with Crippen molar-refractivity contribution in [2.24, 2.45) is 5.92 Å². The molecule has 2 N–H and O–H groups in total. The molecule has 1 aliphatic carbocycles. The maximum atomic E-state index is 11.8. The van der Waals surface area contributed by atoms with Gasteiger partial charge in [0.15, 0.2) is 0 Å². The van der Waals surface area contributed by atoms with E-state index >= 15 is 0 Å². The summed E-state index contributed by atoms with van der Waals surface area (Å²) in [7, 11) is 0. The van der Waals surface area contributed by atoms with Crippen LogP contribution in [0.15, 0.2) is 42.6 Å². The predicted molar refractivity (Wildman–Crippen MR) is 81.5 cm³/mol. The number of nitrogens with one attached hydrogen (secondary N) is 2. The lowest BCUT2D eigenvalue weighted by Crippen LogP contribution is -2.26. The number of para-hydroxylation sites is 1.